The van der Waals surface area contributed by atoms with E-state index < -0.39 is 11.9 Å². The highest BCUT2D eigenvalue weighted by atomic mass is 35.5. The Bertz CT molecular complexity index is 680. The first-order chi connectivity index (χ1) is 11.6. The summed E-state index contributed by atoms with van der Waals surface area (Å²) in [7, 11) is 1.89. The van der Waals surface area contributed by atoms with Crippen LogP contribution in [0.3, 0.4) is 0 Å². The minimum atomic E-state index is -0.597. The van der Waals surface area contributed by atoms with Gasteiger partial charge in [0.1, 0.15) is 11.8 Å². The molecule has 1 unspecified atom stereocenters. The maximum Gasteiger partial charge on any atom is 0.255 e. The van der Waals surface area contributed by atoms with Gasteiger partial charge in [0.05, 0.1) is 13.2 Å². The molecule has 2 N–H and O–H groups in total. The molecule has 3 rings (SSSR count). The fourth-order valence-electron chi connectivity index (χ4n) is 3.12. The van der Waals surface area contributed by atoms with Crippen LogP contribution < -0.4 is 15.4 Å². The van der Waals surface area contributed by atoms with Crippen molar-refractivity contribution in [2.45, 2.75) is 31.8 Å². The van der Waals surface area contributed by atoms with Gasteiger partial charge < -0.3 is 15.0 Å². The second-order valence-corrected chi connectivity index (χ2v) is 5.99. The molecule has 8 heteroatoms. The monoisotopic (exact) mass is 367 g/mol. The van der Waals surface area contributed by atoms with Crippen LogP contribution >= 0.6 is 12.4 Å². The van der Waals surface area contributed by atoms with Gasteiger partial charge in [-0.15, -0.1) is 12.4 Å². The number of imide groups is 1. The van der Waals surface area contributed by atoms with E-state index in [0.29, 0.717) is 30.9 Å². The van der Waals surface area contributed by atoms with Crippen molar-refractivity contribution >= 4 is 30.1 Å². The zero-order valence-electron chi connectivity index (χ0n) is 14.0. The van der Waals surface area contributed by atoms with Crippen molar-refractivity contribution in [1.82, 2.24) is 15.5 Å². The fourth-order valence-corrected chi connectivity index (χ4v) is 3.12. The summed E-state index contributed by atoms with van der Waals surface area (Å²) >= 11 is 0. The molecule has 7 nitrogen and oxygen atoms in total. The van der Waals surface area contributed by atoms with Crippen LogP contribution in [0.4, 0.5) is 0 Å². The first-order valence-corrected chi connectivity index (χ1v) is 8.15. The molecular formula is C17H22ClN3O4. The third kappa shape index (κ3) is 3.93. The zero-order chi connectivity index (χ0) is 17.1. The number of hydrogen-bond acceptors (Lipinski definition) is 5. The average Bonchev–Trinajstić information content (AvgIpc) is 2.89. The molecule has 3 amide bonds. The van der Waals surface area contributed by atoms with Crippen molar-refractivity contribution in [3.8, 4) is 5.75 Å². The van der Waals surface area contributed by atoms with Crippen molar-refractivity contribution in [3.63, 3.8) is 0 Å². The van der Waals surface area contributed by atoms with E-state index in [-0.39, 0.29) is 30.6 Å². The number of halogens is 1. The molecule has 1 fully saturated rings. The number of fused-ring (bicyclic) bond motifs is 1. The number of rotatable bonds is 6. The van der Waals surface area contributed by atoms with Gasteiger partial charge in [0.25, 0.3) is 5.91 Å². The Labute approximate surface area is 152 Å². The van der Waals surface area contributed by atoms with Crippen molar-refractivity contribution in [3.05, 3.63) is 29.3 Å². The highest BCUT2D eigenvalue weighted by molar-refractivity contribution is 6.05. The summed E-state index contributed by atoms with van der Waals surface area (Å²) in [6.45, 7) is 1.75. The summed E-state index contributed by atoms with van der Waals surface area (Å²) in [6, 6.07) is 4.79. The second kappa shape index (κ2) is 8.31. The molecule has 2 heterocycles. The largest absolute Gasteiger partial charge is 0.493 e. The SMILES string of the molecule is CNCCCOc1cccc2c1CN(C1CCC(=O)NC1=O)C2=O.Cl. The number of nitrogens with zero attached hydrogens (tertiary/aromatic N) is 1. The van der Waals surface area contributed by atoms with E-state index in [4.69, 9.17) is 4.74 Å². The number of amides is 3. The van der Waals surface area contributed by atoms with E-state index in [1.807, 2.05) is 13.1 Å². The van der Waals surface area contributed by atoms with Crippen molar-refractivity contribution in [2.24, 2.45) is 0 Å². The van der Waals surface area contributed by atoms with Crippen LogP contribution in [-0.4, -0.2) is 48.9 Å². The molecule has 2 aliphatic heterocycles. The normalized spacial score (nSPS) is 19.3. The molecule has 0 aliphatic carbocycles. The molecule has 0 aromatic heterocycles. The number of carbonyl (C=O) groups is 3. The number of nitrogens with one attached hydrogen (secondary N) is 2. The molecule has 2 aliphatic rings. The quantitative estimate of drug-likeness (QED) is 0.575. The van der Waals surface area contributed by atoms with Crippen LogP contribution in [0.15, 0.2) is 18.2 Å². The van der Waals surface area contributed by atoms with Gasteiger partial charge in [-0.25, -0.2) is 0 Å². The molecule has 1 atom stereocenters. The predicted molar refractivity (Wildman–Crippen MR) is 93.8 cm³/mol. The summed E-state index contributed by atoms with van der Waals surface area (Å²) in [6.07, 6.45) is 1.48. The Hall–Kier alpha value is -2.12. The molecule has 1 saturated heterocycles. The van der Waals surface area contributed by atoms with Gasteiger partial charge in [-0.1, -0.05) is 6.07 Å². The lowest BCUT2D eigenvalue weighted by atomic mass is 10.0. The maximum atomic E-state index is 12.6. The molecular weight excluding hydrogens is 346 g/mol. The van der Waals surface area contributed by atoms with E-state index in [9.17, 15) is 14.4 Å². The number of carbonyl (C=O) groups excluding carboxylic acids is 3. The van der Waals surface area contributed by atoms with Crippen molar-refractivity contribution < 1.29 is 19.1 Å². The lowest BCUT2D eigenvalue weighted by Gasteiger charge is -2.29. The summed E-state index contributed by atoms with van der Waals surface area (Å²) in [4.78, 5) is 37.5. The molecule has 0 radical (unpaired) electrons. The minimum absolute atomic E-state index is 0. The summed E-state index contributed by atoms with van der Waals surface area (Å²) in [5.74, 6) is -0.176. The Morgan fingerprint density at radius 3 is 2.84 bits per heavy atom. The Morgan fingerprint density at radius 2 is 2.12 bits per heavy atom. The maximum absolute atomic E-state index is 12.6. The fraction of sp³-hybridized carbons (Fsp3) is 0.471. The Balaban J connectivity index is 0.00000225. The highest BCUT2D eigenvalue weighted by Gasteiger charge is 2.40. The van der Waals surface area contributed by atoms with E-state index in [2.05, 4.69) is 10.6 Å². The number of piperidine rings is 1. The number of hydrogen-bond donors (Lipinski definition) is 2. The molecule has 25 heavy (non-hydrogen) atoms. The highest BCUT2D eigenvalue weighted by Crippen LogP contribution is 2.33. The van der Waals surface area contributed by atoms with Crippen LogP contribution in [-0.2, 0) is 16.1 Å². The Kier molecular flexibility index (Phi) is 6.39. The topological polar surface area (TPSA) is 87.7 Å². The van der Waals surface area contributed by atoms with Gasteiger partial charge in [0, 0.05) is 17.5 Å². The average molecular weight is 368 g/mol. The van der Waals surface area contributed by atoms with Crippen molar-refractivity contribution in [1.29, 1.82) is 0 Å². The van der Waals surface area contributed by atoms with E-state index in [1.54, 1.807) is 12.1 Å². The van der Waals surface area contributed by atoms with Crippen LogP contribution in [0.2, 0.25) is 0 Å². The van der Waals surface area contributed by atoms with Crippen molar-refractivity contribution in [2.75, 3.05) is 20.2 Å². The standard InChI is InChI=1S/C17H21N3O4.ClH/c1-18-8-3-9-24-14-5-2-4-11-12(14)10-20(17(11)23)13-6-7-15(21)19-16(13)22;/h2,4-5,13,18H,3,6-10H2,1H3,(H,19,21,22);1H. The van der Waals surface area contributed by atoms with Gasteiger partial charge in [-0.2, -0.15) is 0 Å². The first-order valence-electron chi connectivity index (χ1n) is 8.15. The summed E-state index contributed by atoms with van der Waals surface area (Å²) in [5, 5.41) is 5.36. The summed E-state index contributed by atoms with van der Waals surface area (Å²) < 4.78 is 5.81. The van der Waals surface area contributed by atoms with Crippen LogP contribution in [0, 0.1) is 0 Å². The molecule has 1 aromatic rings. The minimum Gasteiger partial charge on any atom is -0.493 e. The first kappa shape index (κ1) is 19.2. The van der Waals surface area contributed by atoms with Gasteiger partial charge in [-0.05, 0) is 38.6 Å². The Morgan fingerprint density at radius 1 is 1.32 bits per heavy atom. The third-order valence-electron chi connectivity index (χ3n) is 4.37. The van der Waals surface area contributed by atoms with Crippen LogP contribution in [0.5, 0.6) is 5.75 Å². The number of benzene rings is 1. The van der Waals surface area contributed by atoms with E-state index in [0.717, 1.165) is 18.5 Å². The summed E-state index contributed by atoms with van der Waals surface area (Å²) in [5.41, 5.74) is 1.39. The van der Waals surface area contributed by atoms with Gasteiger partial charge in [0.2, 0.25) is 11.8 Å². The van der Waals surface area contributed by atoms with Crippen LogP contribution in [0.25, 0.3) is 0 Å². The predicted octanol–water partition coefficient (Wildman–Crippen LogP) is 0.858. The lowest BCUT2D eigenvalue weighted by molar-refractivity contribution is -0.136. The molecule has 136 valence electrons. The molecule has 0 saturated carbocycles. The third-order valence-corrected chi connectivity index (χ3v) is 4.37. The lowest BCUT2D eigenvalue weighted by Crippen LogP contribution is -2.52. The molecule has 1 aromatic carbocycles. The molecule has 0 spiro atoms. The van der Waals surface area contributed by atoms with Gasteiger partial charge in [0.15, 0.2) is 0 Å². The van der Waals surface area contributed by atoms with E-state index in [1.165, 1.54) is 4.90 Å². The zero-order valence-corrected chi connectivity index (χ0v) is 14.9. The van der Waals surface area contributed by atoms with Gasteiger partial charge in [-0.3, -0.25) is 19.7 Å². The second-order valence-electron chi connectivity index (χ2n) is 5.99. The number of ether oxygens (including phenoxy) is 1. The van der Waals surface area contributed by atoms with Gasteiger partial charge >= 0.3 is 0 Å². The smallest absolute Gasteiger partial charge is 0.255 e. The van der Waals surface area contributed by atoms with E-state index >= 15 is 0 Å². The van der Waals surface area contributed by atoms with Crippen LogP contribution in [0.1, 0.15) is 35.2 Å². The molecule has 0 bridgehead atoms.